The second-order valence-corrected chi connectivity index (χ2v) is 5.17. The lowest BCUT2D eigenvalue weighted by Gasteiger charge is -2.44. The molecule has 2 unspecified atom stereocenters. The minimum absolute atomic E-state index is 0.0775. The van der Waals surface area contributed by atoms with E-state index < -0.39 is 11.6 Å². The van der Waals surface area contributed by atoms with E-state index in [0.717, 1.165) is 12.8 Å². The van der Waals surface area contributed by atoms with E-state index >= 15 is 0 Å². The van der Waals surface area contributed by atoms with Crippen LogP contribution >= 0.6 is 0 Å². The first-order valence-electron chi connectivity index (χ1n) is 5.13. The molecule has 0 saturated heterocycles. The molecule has 0 aliphatic heterocycles. The fraction of sp³-hybridized carbons (Fsp3) is 0.909. The Balaban J connectivity index is 2.87. The normalized spacial score (nSPS) is 36.7. The Labute approximate surface area is 85.5 Å². The smallest absolute Gasteiger partial charge is 0.336 e. The third-order valence-electron chi connectivity index (χ3n) is 3.55. The zero-order chi connectivity index (χ0) is 11.0. The van der Waals surface area contributed by atoms with Gasteiger partial charge in [-0.1, -0.05) is 20.8 Å². The molecule has 0 aromatic carbocycles. The molecule has 0 bridgehead atoms. The third kappa shape index (κ3) is 1.78. The van der Waals surface area contributed by atoms with Gasteiger partial charge in [0, 0.05) is 7.11 Å². The standard InChI is InChI=1S/C11H20O3/c1-8-7-10(2,3)5-6-11(8,14-4)9(12)13/h8H,5-7H2,1-4H3,(H,12,13). The Morgan fingerprint density at radius 2 is 2.00 bits per heavy atom. The molecule has 1 fully saturated rings. The number of hydrogen-bond donors (Lipinski definition) is 1. The molecule has 1 N–H and O–H groups in total. The van der Waals surface area contributed by atoms with Crippen LogP contribution in [0.25, 0.3) is 0 Å². The van der Waals surface area contributed by atoms with E-state index in [9.17, 15) is 9.90 Å². The van der Waals surface area contributed by atoms with Gasteiger partial charge in [0.15, 0.2) is 5.60 Å². The maximum absolute atomic E-state index is 11.2. The van der Waals surface area contributed by atoms with Crippen LogP contribution in [-0.2, 0) is 9.53 Å². The number of carboxylic acids is 1. The minimum Gasteiger partial charge on any atom is -0.479 e. The minimum atomic E-state index is -0.949. The van der Waals surface area contributed by atoms with Crippen molar-refractivity contribution in [2.24, 2.45) is 11.3 Å². The number of carboxylic acid groups (broad SMARTS) is 1. The van der Waals surface area contributed by atoms with Crippen LogP contribution in [0, 0.1) is 11.3 Å². The SMILES string of the molecule is COC1(C(=O)O)CCC(C)(C)CC1C. The summed E-state index contributed by atoms with van der Waals surface area (Å²) >= 11 is 0. The number of carbonyl (C=O) groups is 1. The van der Waals surface area contributed by atoms with Gasteiger partial charge in [0.25, 0.3) is 0 Å². The number of methoxy groups -OCH3 is 1. The Hall–Kier alpha value is -0.570. The van der Waals surface area contributed by atoms with Gasteiger partial charge in [-0.05, 0) is 30.6 Å². The highest BCUT2D eigenvalue weighted by Crippen LogP contribution is 2.45. The molecule has 1 aliphatic carbocycles. The van der Waals surface area contributed by atoms with Crippen molar-refractivity contribution in [3.8, 4) is 0 Å². The molecule has 0 radical (unpaired) electrons. The van der Waals surface area contributed by atoms with Gasteiger partial charge in [-0.3, -0.25) is 0 Å². The summed E-state index contributed by atoms with van der Waals surface area (Å²) in [6.45, 7) is 6.34. The molecular formula is C11H20O3. The second kappa shape index (κ2) is 3.54. The van der Waals surface area contributed by atoms with Gasteiger partial charge < -0.3 is 9.84 Å². The Morgan fingerprint density at radius 1 is 1.43 bits per heavy atom. The van der Waals surface area contributed by atoms with Gasteiger partial charge in [0.2, 0.25) is 0 Å². The summed E-state index contributed by atoms with van der Waals surface area (Å²) in [6.07, 6.45) is 2.44. The largest absolute Gasteiger partial charge is 0.479 e. The van der Waals surface area contributed by atoms with E-state index in [1.807, 2.05) is 6.92 Å². The molecule has 3 heteroatoms. The molecule has 14 heavy (non-hydrogen) atoms. The molecule has 1 aliphatic rings. The fourth-order valence-electron chi connectivity index (χ4n) is 2.57. The van der Waals surface area contributed by atoms with Gasteiger partial charge >= 0.3 is 5.97 Å². The van der Waals surface area contributed by atoms with E-state index in [1.54, 1.807) is 0 Å². The van der Waals surface area contributed by atoms with Crippen molar-refractivity contribution < 1.29 is 14.6 Å². The summed E-state index contributed by atoms with van der Waals surface area (Å²) < 4.78 is 5.25. The van der Waals surface area contributed by atoms with Crippen LogP contribution in [0.5, 0.6) is 0 Å². The van der Waals surface area contributed by atoms with E-state index in [2.05, 4.69) is 13.8 Å². The van der Waals surface area contributed by atoms with Crippen molar-refractivity contribution in [1.29, 1.82) is 0 Å². The summed E-state index contributed by atoms with van der Waals surface area (Å²) in [4.78, 5) is 11.2. The zero-order valence-electron chi connectivity index (χ0n) is 9.46. The average Bonchev–Trinajstić information content (AvgIpc) is 2.03. The van der Waals surface area contributed by atoms with Crippen molar-refractivity contribution in [1.82, 2.24) is 0 Å². The predicted molar refractivity (Wildman–Crippen MR) is 54.2 cm³/mol. The summed E-state index contributed by atoms with van der Waals surface area (Å²) in [5.41, 5.74) is -0.702. The van der Waals surface area contributed by atoms with Crippen LogP contribution in [0.1, 0.15) is 40.0 Å². The first kappa shape index (κ1) is 11.5. The van der Waals surface area contributed by atoms with Crippen LogP contribution in [0.3, 0.4) is 0 Å². The lowest BCUT2D eigenvalue weighted by atomic mass is 9.65. The monoisotopic (exact) mass is 200 g/mol. The molecule has 0 amide bonds. The van der Waals surface area contributed by atoms with Crippen molar-refractivity contribution in [3.63, 3.8) is 0 Å². The van der Waals surface area contributed by atoms with E-state index in [0.29, 0.717) is 6.42 Å². The summed E-state index contributed by atoms with van der Waals surface area (Å²) in [5.74, 6) is -0.739. The molecule has 0 aromatic rings. The quantitative estimate of drug-likeness (QED) is 0.744. The van der Waals surface area contributed by atoms with Crippen molar-refractivity contribution in [3.05, 3.63) is 0 Å². The van der Waals surface area contributed by atoms with Gasteiger partial charge in [0.1, 0.15) is 0 Å². The molecule has 0 aromatic heterocycles. The van der Waals surface area contributed by atoms with E-state index in [1.165, 1.54) is 7.11 Å². The van der Waals surface area contributed by atoms with Crippen LogP contribution < -0.4 is 0 Å². The Kier molecular flexibility index (Phi) is 2.91. The van der Waals surface area contributed by atoms with Crippen LogP contribution in [0.15, 0.2) is 0 Å². The molecule has 2 atom stereocenters. The lowest BCUT2D eigenvalue weighted by Crippen LogP contribution is -2.51. The van der Waals surface area contributed by atoms with Gasteiger partial charge in [-0.25, -0.2) is 4.79 Å². The topological polar surface area (TPSA) is 46.5 Å². The average molecular weight is 200 g/mol. The third-order valence-corrected chi connectivity index (χ3v) is 3.55. The maximum atomic E-state index is 11.2. The first-order valence-corrected chi connectivity index (χ1v) is 5.13. The van der Waals surface area contributed by atoms with Crippen molar-refractivity contribution in [2.45, 2.75) is 45.6 Å². The molecule has 82 valence electrons. The van der Waals surface area contributed by atoms with Gasteiger partial charge in [0.05, 0.1) is 0 Å². The molecule has 0 spiro atoms. The Morgan fingerprint density at radius 3 is 2.36 bits per heavy atom. The maximum Gasteiger partial charge on any atom is 0.336 e. The number of hydrogen-bond acceptors (Lipinski definition) is 2. The van der Waals surface area contributed by atoms with Crippen LogP contribution in [0.4, 0.5) is 0 Å². The lowest BCUT2D eigenvalue weighted by molar-refractivity contribution is -0.178. The van der Waals surface area contributed by atoms with Crippen LogP contribution in [-0.4, -0.2) is 23.8 Å². The number of ether oxygens (including phenoxy) is 1. The fourth-order valence-corrected chi connectivity index (χ4v) is 2.57. The zero-order valence-corrected chi connectivity index (χ0v) is 9.46. The molecule has 0 heterocycles. The van der Waals surface area contributed by atoms with E-state index in [-0.39, 0.29) is 11.3 Å². The summed E-state index contributed by atoms with van der Waals surface area (Å²) in [7, 11) is 1.50. The summed E-state index contributed by atoms with van der Waals surface area (Å²) in [5, 5.41) is 9.20. The van der Waals surface area contributed by atoms with Crippen molar-refractivity contribution >= 4 is 5.97 Å². The Bertz CT molecular complexity index is 235. The first-order chi connectivity index (χ1) is 6.34. The second-order valence-electron chi connectivity index (χ2n) is 5.17. The van der Waals surface area contributed by atoms with Gasteiger partial charge in [-0.15, -0.1) is 0 Å². The van der Waals surface area contributed by atoms with Crippen molar-refractivity contribution in [2.75, 3.05) is 7.11 Å². The summed E-state index contributed by atoms with van der Waals surface area (Å²) in [6, 6.07) is 0. The number of rotatable bonds is 2. The molecule has 1 rings (SSSR count). The van der Waals surface area contributed by atoms with E-state index in [4.69, 9.17) is 4.74 Å². The highest BCUT2D eigenvalue weighted by Gasteiger charge is 2.49. The van der Waals surface area contributed by atoms with Crippen LogP contribution in [0.2, 0.25) is 0 Å². The predicted octanol–water partition coefficient (Wildman–Crippen LogP) is 2.30. The van der Waals surface area contributed by atoms with Gasteiger partial charge in [-0.2, -0.15) is 0 Å². The molecule has 3 nitrogen and oxygen atoms in total. The number of aliphatic carboxylic acids is 1. The highest BCUT2D eigenvalue weighted by atomic mass is 16.5. The molecular weight excluding hydrogens is 180 g/mol. The molecule has 1 saturated carbocycles. The highest BCUT2D eigenvalue weighted by molar-refractivity contribution is 5.78.